The molecule has 1 aliphatic carbocycles. The van der Waals surface area contributed by atoms with Crippen LogP contribution >= 0.6 is 23.1 Å². The number of thioether (sulfide) groups is 1. The number of amides is 1. The Morgan fingerprint density at radius 2 is 2.06 bits per heavy atom. The summed E-state index contributed by atoms with van der Waals surface area (Å²) in [6.07, 6.45) is 5.61. The molecule has 0 unspecified atom stereocenters. The standard InChI is InChI=1S/C24H25N3O4S2/c1-4-11-27-22(29)20-14(2)15(3)33-21(20)26-23(27)32-13-19(28)25-16-7-8-17-18(12-16)31-24(30-17)9-5-6-10-24/h4,7-8,12H,1,5-6,9-11,13H2,2-3H3,(H,25,28). The van der Waals surface area contributed by atoms with Gasteiger partial charge < -0.3 is 14.8 Å². The molecule has 0 radical (unpaired) electrons. The second kappa shape index (κ2) is 8.53. The van der Waals surface area contributed by atoms with E-state index in [0.717, 1.165) is 41.9 Å². The topological polar surface area (TPSA) is 82.5 Å². The molecule has 1 N–H and O–H groups in total. The zero-order valence-electron chi connectivity index (χ0n) is 18.6. The van der Waals surface area contributed by atoms with Crippen molar-refractivity contribution in [2.24, 2.45) is 0 Å². The average Bonchev–Trinajstić information content (AvgIpc) is 3.46. The fraction of sp³-hybridized carbons (Fsp3) is 0.375. The van der Waals surface area contributed by atoms with Gasteiger partial charge in [-0.2, -0.15) is 0 Å². The summed E-state index contributed by atoms with van der Waals surface area (Å²) in [4.78, 5) is 32.2. The lowest BCUT2D eigenvalue weighted by Crippen LogP contribution is -2.34. The first-order chi connectivity index (χ1) is 15.9. The van der Waals surface area contributed by atoms with Crippen LogP contribution in [0.15, 0.2) is 40.8 Å². The van der Waals surface area contributed by atoms with E-state index < -0.39 is 5.79 Å². The highest BCUT2D eigenvalue weighted by Crippen LogP contribution is 2.47. The third kappa shape index (κ3) is 4.04. The van der Waals surface area contributed by atoms with E-state index in [9.17, 15) is 9.59 Å². The summed E-state index contributed by atoms with van der Waals surface area (Å²) in [6, 6.07) is 5.46. The number of carbonyl (C=O) groups is 1. The molecule has 1 amide bonds. The summed E-state index contributed by atoms with van der Waals surface area (Å²) in [5.74, 6) is 0.789. The van der Waals surface area contributed by atoms with Gasteiger partial charge in [0.25, 0.3) is 11.3 Å². The number of aryl methyl sites for hydroxylation is 2. The molecular formula is C24H25N3O4S2. The number of anilines is 1. The van der Waals surface area contributed by atoms with Crippen LogP contribution in [0.2, 0.25) is 0 Å². The summed E-state index contributed by atoms with van der Waals surface area (Å²) in [6.45, 7) is 8.02. The summed E-state index contributed by atoms with van der Waals surface area (Å²) in [7, 11) is 0. The summed E-state index contributed by atoms with van der Waals surface area (Å²) in [5.41, 5.74) is 1.51. The molecule has 5 rings (SSSR count). The van der Waals surface area contributed by atoms with Crippen LogP contribution in [0.4, 0.5) is 5.69 Å². The van der Waals surface area contributed by atoms with E-state index in [1.54, 1.807) is 16.7 Å². The molecule has 0 atom stereocenters. The van der Waals surface area contributed by atoms with Crippen LogP contribution in [-0.2, 0) is 11.3 Å². The number of hydrogen-bond acceptors (Lipinski definition) is 7. The smallest absolute Gasteiger partial charge is 0.263 e. The number of nitrogens with zero attached hydrogens (tertiary/aromatic N) is 2. The van der Waals surface area contributed by atoms with E-state index in [1.165, 1.54) is 23.1 Å². The minimum absolute atomic E-state index is 0.0960. The maximum Gasteiger partial charge on any atom is 0.263 e. The minimum Gasteiger partial charge on any atom is -0.448 e. The number of fused-ring (bicyclic) bond motifs is 2. The predicted molar refractivity (Wildman–Crippen MR) is 132 cm³/mol. The molecule has 1 aromatic carbocycles. The highest BCUT2D eigenvalue weighted by molar-refractivity contribution is 7.99. The lowest BCUT2D eigenvalue weighted by atomic mass is 10.2. The Morgan fingerprint density at radius 3 is 2.82 bits per heavy atom. The fourth-order valence-electron chi connectivity index (χ4n) is 4.33. The second-order valence-corrected chi connectivity index (χ2v) is 10.5. The zero-order valence-corrected chi connectivity index (χ0v) is 20.2. The number of nitrogens with one attached hydrogen (secondary N) is 1. The summed E-state index contributed by atoms with van der Waals surface area (Å²) in [5, 5.41) is 4.07. The van der Waals surface area contributed by atoms with Crippen molar-refractivity contribution in [2.45, 2.75) is 57.0 Å². The van der Waals surface area contributed by atoms with Gasteiger partial charge in [-0.15, -0.1) is 17.9 Å². The molecular weight excluding hydrogens is 458 g/mol. The molecule has 1 fully saturated rings. The first kappa shape index (κ1) is 22.0. The van der Waals surface area contributed by atoms with Crippen molar-refractivity contribution in [2.75, 3.05) is 11.1 Å². The number of thiophene rings is 1. The van der Waals surface area contributed by atoms with Crippen molar-refractivity contribution in [3.8, 4) is 11.5 Å². The summed E-state index contributed by atoms with van der Waals surface area (Å²) >= 11 is 2.74. The molecule has 172 valence electrons. The first-order valence-electron chi connectivity index (χ1n) is 11.0. The van der Waals surface area contributed by atoms with Gasteiger partial charge in [-0.1, -0.05) is 17.8 Å². The van der Waals surface area contributed by atoms with E-state index in [1.807, 2.05) is 26.0 Å². The van der Waals surface area contributed by atoms with Crippen LogP contribution in [0.25, 0.3) is 10.2 Å². The van der Waals surface area contributed by atoms with Gasteiger partial charge in [-0.05, 0) is 44.4 Å². The van der Waals surface area contributed by atoms with Crippen LogP contribution in [-0.4, -0.2) is 27.0 Å². The normalized spacial score (nSPS) is 15.9. The molecule has 33 heavy (non-hydrogen) atoms. The van der Waals surface area contributed by atoms with E-state index >= 15 is 0 Å². The van der Waals surface area contributed by atoms with Crippen molar-refractivity contribution in [1.82, 2.24) is 9.55 Å². The number of rotatable bonds is 6. The Bertz CT molecular complexity index is 1320. The van der Waals surface area contributed by atoms with Crippen LogP contribution in [0.1, 0.15) is 36.1 Å². The molecule has 9 heteroatoms. The van der Waals surface area contributed by atoms with Crippen LogP contribution in [0.5, 0.6) is 11.5 Å². The molecule has 7 nitrogen and oxygen atoms in total. The lowest BCUT2D eigenvalue weighted by Gasteiger charge is -2.21. The van der Waals surface area contributed by atoms with Crippen LogP contribution in [0, 0.1) is 13.8 Å². The number of carbonyl (C=O) groups excluding carboxylic acids is 1. The van der Waals surface area contributed by atoms with Gasteiger partial charge in [-0.25, -0.2) is 4.98 Å². The molecule has 3 aromatic rings. The third-order valence-electron chi connectivity index (χ3n) is 6.08. The predicted octanol–water partition coefficient (Wildman–Crippen LogP) is 5.03. The van der Waals surface area contributed by atoms with Crippen LogP contribution < -0.4 is 20.3 Å². The number of benzene rings is 1. The maximum absolute atomic E-state index is 13.1. The average molecular weight is 484 g/mol. The van der Waals surface area contributed by atoms with E-state index in [4.69, 9.17) is 9.47 Å². The Hall–Kier alpha value is -2.78. The molecule has 1 spiro atoms. The number of allylic oxidation sites excluding steroid dienone is 1. The Morgan fingerprint density at radius 1 is 1.30 bits per heavy atom. The Kier molecular flexibility index (Phi) is 5.70. The van der Waals surface area contributed by atoms with E-state index in [0.29, 0.717) is 33.4 Å². The van der Waals surface area contributed by atoms with Gasteiger partial charge >= 0.3 is 0 Å². The molecule has 2 aromatic heterocycles. The summed E-state index contributed by atoms with van der Waals surface area (Å²) < 4.78 is 13.7. The van der Waals surface area contributed by atoms with Crippen LogP contribution in [0.3, 0.4) is 0 Å². The molecule has 0 bridgehead atoms. The number of hydrogen-bond donors (Lipinski definition) is 1. The zero-order chi connectivity index (χ0) is 23.2. The minimum atomic E-state index is -0.529. The van der Waals surface area contributed by atoms with Gasteiger partial charge in [0.2, 0.25) is 5.91 Å². The molecule has 3 heterocycles. The third-order valence-corrected chi connectivity index (χ3v) is 8.16. The highest BCUT2D eigenvalue weighted by atomic mass is 32.2. The van der Waals surface area contributed by atoms with Gasteiger partial charge in [0.05, 0.1) is 11.1 Å². The maximum atomic E-state index is 13.1. The lowest BCUT2D eigenvalue weighted by molar-refractivity contribution is -0.113. The molecule has 1 aliphatic heterocycles. The van der Waals surface area contributed by atoms with Crippen molar-refractivity contribution < 1.29 is 14.3 Å². The van der Waals surface area contributed by atoms with Gasteiger partial charge in [0, 0.05) is 36.0 Å². The largest absolute Gasteiger partial charge is 0.448 e. The molecule has 0 saturated heterocycles. The van der Waals surface area contributed by atoms with Gasteiger partial charge in [0.15, 0.2) is 16.7 Å². The van der Waals surface area contributed by atoms with Gasteiger partial charge in [-0.3, -0.25) is 14.2 Å². The first-order valence-corrected chi connectivity index (χ1v) is 12.8. The van der Waals surface area contributed by atoms with Crippen molar-refractivity contribution >= 4 is 44.9 Å². The van der Waals surface area contributed by atoms with E-state index in [-0.39, 0.29) is 17.2 Å². The monoisotopic (exact) mass is 483 g/mol. The Labute approximate surface area is 199 Å². The van der Waals surface area contributed by atoms with Gasteiger partial charge in [0.1, 0.15) is 4.83 Å². The molecule has 1 saturated carbocycles. The SMILES string of the molecule is C=CCn1c(SCC(=O)Nc2ccc3c(c2)OC2(CCCC2)O3)nc2sc(C)c(C)c2c1=O. The highest BCUT2D eigenvalue weighted by Gasteiger charge is 2.44. The van der Waals surface area contributed by atoms with Crippen molar-refractivity contribution in [1.29, 1.82) is 0 Å². The number of aromatic nitrogens is 2. The van der Waals surface area contributed by atoms with Crippen molar-refractivity contribution in [3.05, 3.63) is 51.6 Å². The Balaban J connectivity index is 1.30. The van der Waals surface area contributed by atoms with E-state index in [2.05, 4.69) is 16.9 Å². The quantitative estimate of drug-likeness (QED) is 0.301. The fourth-order valence-corrected chi connectivity index (χ4v) is 6.20. The molecule has 2 aliphatic rings. The second-order valence-electron chi connectivity index (χ2n) is 8.38. The number of ether oxygens (including phenoxy) is 2. The van der Waals surface area contributed by atoms with Crippen molar-refractivity contribution in [3.63, 3.8) is 0 Å².